The van der Waals surface area contributed by atoms with Crippen LogP contribution in [0.4, 0.5) is 0 Å². The summed E-state index contributed by atoms with van der Waals surface area (Å²) < 4.78 is 0. The van der Waals surface area contributed by atoms with Gasteiger partial charge in [-0.3, -0.25) is 0 Å². The fourth-order valence-electron chi connectivity index (χ4n) is 3.24. The van der Waals surface area contributed by atoms with Crippen molar-refractivity contribution in [3.63, 3.8) is 0 Å². The van der Waals surface area contributed by atoms with Crippen LogP contribution < -0.4 is 10.6 Å². The molecule has 0 aromatic rings. The number of hydrogen-bond acceptors (Lipinski definition) is 2. The Hall–Kier alpha value is -0.0800. The summed E-state index contributed by atoms with van der Waals surface area (Å²) in [5.74, 6) is 0. The standard InChI is InChI=1S/C11H20N2/c1-2-5-10-9(4-1)12-8-11(13-10)6-3-7-11/h9-10,12-13H,1-8H2/t9-,10?/m0/s1. The van der Waals surface area contributed by atoms with Crippen LogP contribution in [0.1, 0.15) is 44.9 Å². The van der Waals surface area contributed by atoms with Gasteiger partial charge in [-0.25, -0.2) is 0 Å². The van der Waals surface area contributed by atoms with Crippen molar-refractivity contribution in [3.05, 3.63) is 0 Å². The number of fused-ring (bicyclic) bond motifs is 1. The molecule has 2 aliphatic carbocycles. The summed E-state index contributed by atoms with van der Waals surface area (Å²) in [7, 11) is 0. The minimum absolute atomic E-state index is 0.526. The third kappa shape index (κ3) is 1.31. The highest BCUT2D eigenvalue weighted by molar-refractivity contribution is 5.06. The molecule has 0 bridgehead atoms. The molecular formula is C11H20N2. The van der Waals surface area contributed by atoms with Gasteiger partial charge in [-0.05, 0) is 32.1 Å². The van der Waals surface area contributed by atoms with Gasteiger partial charge in [-0.2, -0.15) is 0 Å². The lowest BCUT2D eigenvalue weighted by molar-refractivity contribution is 0.0839. The fraction of sp³-hybridized carbons (Fsp3) is 1.00. The first kappa shape index (κ1) is 8.25. The van der Waals surface area contributed by atoms with Crippen LogP contribution in [-0.2, 0) is 0 Å². The second kappa shape index (κ2) is 2.96. The summed E-state index contributed by atoms with van der Waals surface area (Å²) in [6, 6.07) is 1.59. The zero-order valence-electron chi connectivity index (χ0n) is 8.31. The van der Waals surface area contributed by atoms with Gasteiger partial charge >= 0.3 is 0 Å². The van der Waals surface area contributed by atoms with E-state index in [1.165, 1.54) is 51.5 Å². The maximum Gasteiger partial charge on any atom is 0.0309 e. The van der Waals surface area contributed by atoms with Gasteiger partial charge in [0, 0.05) is 24.2 Å². The first-order valence-electron chi connectivity index (χ1n) is 5.89. The van der Waals surface area contributed by atoms with E-state index < -0.39 is 0 Å². The second-order valence-electron chi connectivity index (χ2n) is 5.16. The Morgan fingerprint density at radius 1 is 0.923 bits per heavy atom. The molecular weight excluding hydrogens is 160 g/mol. The molecule has 74 valence electrons. The monoisotopic (exact) mass is 180 g/mol. The van der Waals surface area contributed by atoms with Gasteiger partial charge in [-0.1, -0.05) is 12.8 Å². The van der Waals surface area contributed by atoms with Crippen molar-refractivity contribution in [2.24, 2.45) is 0 Å². The van der Waals surface area contributed by atoms with Crippen molar-refractivity contribution in [2.75, 3.05) is 6.54 Å². The van der Waals surface area contributed by atoms with Crippen LogP contribution in [0.15, 0.2) is 0 Å². The van der Waals surface area contributed by atoms with Crippen molar-refractivity contribution in [3.8, 4) is 0 Å². The molecule has 2 nitrogen and oxygen atoms in total. The van der Waals surface area contributed by atoms with Crippen LogP contribution in [0, 0.1) is 0 Å². The maximum absolute atomic E-state index is 3.91. The van der Waals surface area contributed by atoms with Crippen LogP contribution >= 0.6 is 0 Å². The van der Waals surface area contributed by atoms with Crippen molar-refractivity contribution < 1.29 is 0 Å². The molecule has 3 aliphatic rings. The van der Waals surface area contributed by atoms with Crippen LogP contribution in [0.3, 0.4) is 0 Å². The summed E-state index contributed by atoms with van der Waals surface area (Å²) in [5.41, 5.74) is 0.526. The Balaban J connectivity index is 1.69. The van der Waals surface area contributed by atoms with Gasteiger partial charge in [0.2, 0.25) is 0 Å². The predicted octanol–water partition coefficient (Wildman–Crippen LogP) is 1.41. The van der Waals surface area contributed by atoms with E-state index in [4.69, 9.17) is 0 Å². The molecule has 0 aromatic carbocycles. The molecule has 1 aliphatic heterocycles. The van der Waals surface area contributed by atoms with E-state index in [9.17, 15) is 0 Å². The molecule has 0 radical (unpaired) electrons. The SMILES string of the molecule is C1CC[C@@H]2NCC3(CCC3)NC2C1. The van der Waals surface area contributed by atoms with Crippen molar-refractivity contribution in [1.82, 2.24) is 10.6 Å². The highest BCUT2D eigenvalue weighted by atomic mass is 15.2. The minimum Gasteiger partial charge on any atom is -0.311 e. The number of rotatable bonds is 0. The Labute approximate surface area is 80.5 Å². The molecule has 3 fully saturated rings. The molecule has 1 unspecified atom stereocenters. The lowest BCUT2D eigenvalue weighted by atomic mass is 9.72. The van der Waals surface area contributed by atoms with Gasteiger partial charge in [0.25, 0.3) is 0 Å². The number of piperazine rings is 1. The van der Waals surface area contributed by atoms with E-state index in [-0.39, 0.29) is 0 Å². The molecule has 0 amide bonds. The molecule has 0 aromatic heterocycles. The smallest absolute Gasteiger partial charge is 0.0309 e. The van der Waals surface area contributed by atoms with Crippen LogP contribution in [0.5, 0.6) is 0 Å². The van der Waals surface area contributed by atoms with Crippen molar-refractivity contribution >= 4 is 0 Å². The van der Waals surface area contributed by atoms with E-state index >= 15 is 0 Å². The summed E-state index contributed by atoms with van der Waals surface area (Å²) in [5, 5.41) is 7.66. The lowest BCUT2D eigenvalue weighted by Crippen LogP contribution is -2.70. The Kier molecular flexibility index (Phi) is 1.88. The fourth-order valence-corrected chi connectivity index (χ4v) is 3.24. The predicted molar refractivity (Wildman–Crippen MR) is 53.8 cm³/mol. The molecule has 2 heteroatoms. The Bertz CT molecular complexity index is 198. The molecule has 2 saturated carbocycles. The largest absolute Gasteiger partial charge is 0.311 e. The molecule has 2 N–H and O–H groups in total. The summed E-state index contributed by atoms with van der Waals surface area (Å²) in [4.78, 5) is 0. The van der Waals surface area contributed by atoms with Crippen molar-refractivity contribution in [1.29, 1.82) is 0 Å². The molecule has 3 rings (SSSR count). The number of nitrogens with one attached hydrogen (secondary N) is 2. The van der Waals surface area contributed by atoms with Gasteiger partial charge in [0.15, 0.2) is 0 Å². The van der Waals surface area contributed by atoms with Gasteiger partial charge in [0.1, 0.15) is 0 Å². The van der Waals surface area contributed by atoms with E-state index in [0.29, 0.717) is 5.54 Å². The average molecular weight is 180 g/mol. The van der Waals surface area contributed by atoms with Gasteiger partial charge in [0.05, 0.1) is 0 Å². The second-order valence-corrected chi connectivity index (χ2v) is 5.16. The number of hydrogen-bond donors (Lipinski definition) is 2. The third-order valence-electron chi connectivity index (χ3n) is 4.27. The highest BCUT2D eigenvalue weighted by Crippen LogP contribution is 2.36. The summed E-state index contributed by atoms with van der Waals surface area (Å²) in [6.07, 6.45) is 9.92. The molecule has 1 saturated heterocycles. The molecule has 2 atom stereocenters. The van der Waals surface area contributed by atoms with E-state index in [1.807, 2.05) is 0 Å². The van der Waals surface area contributed by atoms with E-state index in [2.05, 4.69) is 10.6 Å². The zero-order chi connectivity index (χ0) is 8.73. The first-order chi connectivity index (χ1) is 6.38. The van der Waals surface area contributed by atoms with E-state index in [0.717, 1.165) is 12.1 Å². The molecule has 1 spiro atoms. The highest BCUT2D eigenvalue weighted by Gasteiger charge is 2.44. The van der Waals surface area contributed by atoms with Crippen LogP contribution in [-0.4, -0.2) is 24.2 Å². The Morgan fingerprint density at radius 3 is 2.38 bits per heavy atom. The Morgan fingerprint density at radius 2 is 1.69 bits per heavy atom. The maximum atomic E-state index is 3.91. The van der Waals surface area contributed by atoms with Crippen molar-refractivity contribution in [2.45, 2.75) is 62.6 Å². The third-order valence-corrected chi connectivity index (χ3v) is 4.27. The summed E-state index contributed by atoms with van der Waals surface area (Å²) >= 11 is 0. The molecule has 13 heavy (non-hydrogen) atoms. The normalized spacial score (nSPS) is 42.5. The summed E-state index contributed by atoms with van der Waals surface area (Å²) in [6.45, 7) is 1.23. The van der Waals surface area contributed by atoms with Crippen LogP contribution in [0.25, 0.3) is 0 Å². The van der Waals surface area contributed by atoms with Crippen LogP contribution in [0.2, 0.25) is 0 Å². The quantitative estimate of drug-likeness (QED) is 0.589. The average Bonchev–Trinajstić information content (AvgIpc) is 2.15. The minimum atomic E-state index is 0.526. The lowest BCUT2D eigenvalue weighted by Gasteiger charge is -2.53. The van der Waals surface area contributed by atoms with Gasteiger partial charge in [-0.15, -0.1) is 0 Å². The molecule has 1 heterocycles. The van der Waals surface area contributed by atoms with Gasteiger partial charge < -0.3 is 10.6 Å². The first-order valence-corrected chi connectivity index (χ1v) is 5.89. The topological polar surface area (TPSA) is 24.1 Å². The van der Waals surface area contributed by atoms with E-state index in [1.54, 1.807) is 0 Å². The zero-order valence-corrected chi connectivity index (χ0v) is 8.31.